The molecule has 0 unspecified atom stereocenters. The first-order valence-electron chi connectivity index (χ1n) is 6.83. The van der Waals surface area contributed by atoms with Crippen LogP contribution in [0.25, 0.3) is 0 Å². The number of methoxy groups -OCH3 is 1. The van der Waals surface area contributed by atoms with Crippen LogP contribution in [0.15, 0.2) is 47.4 Å². The van der Waals surface area contributed by atoms with Crippen LogP contribution < -0.4 is 9.04 Å². The van der Waals surface area contributed by atoms with Gasteiger partial charge in [0.1, 0.15) is 0 Å². The molecular weight excluding hydrogens is 305 g/mol. The van der Waals surface area contributed by atoms with Crippen molar-refractivity contribution < 1.29 is 17.5 Å². The van der Waals surface area contributed by atoms with Crippen LogP contribution >= 0.6 is 0 Å². The van der Waals surface area contributed by atoms with E-state index >= 15 is 0 Å². The maximum absolute atomic E-state index is 13.8. The average molecular weight is 323 g/mol. The third-order valence-corrected chi connectivity index (χ3v) is 5.19. The van der Waals surface area contributed by atoms with Gasteiger partial charge in [0.15, 0.2) is 11.6 Å². The lowest BCUT2D eigenvalue weighted by molar-refractivity contribution is 0.385. The molecule has 0 aliphatic heterocycles. The monoisotopic (exact) mass is 323 g/mol. The van der Waals surface area contributed by atoms with Crippen LogP contribution in [0.3, 0.4) is 0 Å². The van der Waals surface area contributed by atoms with Crippen LogP contribution in [0.5, 0.6) is 5.75 Å². The molecule has 4 nitrogen and oxygen atoms in total. The second-order valence-electron chi connectivity index (χ2n) is 4.81. The fraction of sp³-hybridized carbons (Fsp3) is 0.250. The van der Waals surface area contributed by atoms with Crippen LogP contribution in [0.2, 0.25) is 0 Å². The van der Waals surface area contributed by atoms with E-state index in [2.05, 4.69) is 0 Å². The minimum Gasteiger partial charge on any atom is -0.494 e. The standard InChI is InChI=1S/C16H18FNO3S/c1-4-18(13-7-5-6-12(2)10-13)22(19,20)14-8-9-16(21-3)15(17)11-14/h5-11H,4H2,1-3H3. The molecule has 2 aromatic rings. The summed E-state index contributed by atoms with van der Waals surface area (Å²) >= 11 is 0. The van der Waals surface area contributed by atoms with E-state index in [1.165, 1.54) is 23.5 Å². The molecule has 6 heteroatoms. The third-order valence-electron chi connectivity index (χ3n) is 3.29. The van der Waals surface area contributed by atoms with Crippen molar-refractivity contribution in [3.05, 3.63) is 53.8 Å². The quantitative estimate of drug-likeness (QED) is 0.847. The highest BCUT2D eigenvalue weighted by molar-refractivity contribution is 7.92. The molecule has 0 atom stereocenters. The van der Waals surface area contributed by atoms with E-state index in [0.29, 0.717) is 5.69 Å². The molecule has 118 valence electrons. The van der Waals surface area contributed by atoms with Crippen LogP contribution in [0, 0.1) is 12.7 Å². The summed E-state index contributed by atoms with van der Waals surface area (Å²) in [5.74, 6) is -0.693. The van der Waals surface area contributed by atoms with Gasteiger partial charge in [-0.3, -0.25) is 4.31 Å². The number of hydrogen-bond donors (Lipinski definition) is 0. The first kappa shape index (κ1) is 16.3. The van der Waals surface area contributed by atoms with Gasteiger partial charge in [-0.25, -0.2) is 12.8 Å². The highest BCUT2D eigenvalue weighted by Gasteiger charge is 2.24. The molecule has 0 fully saturated rings. The fourth-order valence-electron chi connectivity index (χ4n) is 2.21. The van der Waals surface area contributed by atoms with E-state index in [1.54, 1.807) is 25.1 Å². The Morgan fingerprint density at radius 2 is 1.91 bits per heavy atom. The Kier molecular flexibility index (Phi) is 4.71. The van der Waals surface area contributed by atoms with Crippen LogP contribution in [0.4, 0.5) is 10.1 Å². The Hall–Kier alpha value is -2.08. The molecule has 2 aromatic carbocycles. The first-order chi connectivity index (χ1) is 10.4. The third kappa shape index (κ3) is 3.06. The van der Waals surface area contributed by atoms with E-state index in [1.807, 2.05) is 13.0 Å². The van der Waals surface area contributed by atoms with Gasteiger partial charge in [0.2, 0.25) is 0 Å². The molecule has 0 aliphatic carbocycles. The minimum absolute atomic E-state index is 0.0116. The van der Waals surface area contributed by atoms with Crippen LogP contribution in [0.1, 0.15) is 12.5 Å². The molecule has 0 saturated carbocycles. The van der Waals surface area contributed by atoms with Gasteiger partial charge >= 0.3 is 0 Å². The van der Waals surface area contributed by atoms with Gasteiger partial charge in [-0.2, -0.15) is 0 Å². The molecule has 0 heterocycles. The number of sulfonamides is 1. The van der Waals surface area contributed by atoms with Crippen molar-refractivity contribution in [3.8, 4) is 5.75 Å². The van der Waals surface area contributed by atoms with E-state index in [9.17, 15) is 12.8 Å². The smallest absolute Gasteiger partial charge is 0.264 e. The lowest BCUT2D eigenvalue weighted by Crippen LogP contribution is -2.30. The number of rotatable bonds is 5. The largest absolute Gasteiger partial charge is 0.494 e. The van der Waals surface area contributed by atoms with Crippen LogP contribution in [-0.2, 0) is 10.0 Å². The SMILES string of the molecule is CCN(c1cccc(C)c1)S(=O)(=O)c1ccc(OC)c(F)c1. The number of anilines is 1. The molecular formula is C16H18FNO3S. The Morgan fingerprint density at radius 3 is 2.45 bits per heavy atom. The van der Waals surface area contributed by atoms with Crippen molar-refractivity contribution in [1.82, 2.24) is 0 Å². The van der Waals surface area contributed by atoms with Gasteiger partial charge in [-0.1, -0.05) is 12.1 Å². The van der Waals surface area contributed by atoms with Crippen molar-refractivity contribution in [1.29, 1.82) is 0 Å². The molecule has 0 amide bonds. The van der Waals surface area contributed by atoms with Gasteiger partial charge in [0.05, 0.1) is 17.7 Å². The van der Waals surface area contributed by atoms with Gasteiger partial charge in [-0.05, 0) is 49.7 Å². The molecule has 0 aliphatic rings. The topological polar surface area (TPSA) is 46.6 Å². The fourth-order valence-corrected chi connectivity index (χ4v) is 3.69. The van der Waals surface area contributed by atoms with Gasteiger partial charge in [-0.15, -0.1) is 0 Å². The van der Waals surface area contributed by atoms with Crippen LogP contribution in [-0.4, -0.2) is 22.1 Å². The summed E-state index contributed by atoms with van der Waals surface area (Å²) in [5.41, 5.74) is 1.51. The summed E-state index contributed by atoms with van der Waals surface area (Å²) in [6.45, 7) is 3.87. The van der Waals surface area contributed by atoms with E-state index in [4.69, 9.17) is 4.74 Å². The summed E-state index contributed by atoms with van der Waals surface area (Å²) in [4.78, 5) is -0.103. The van der Waals surface area contributed by atoms with Gasteiger partial charge < -0.3 is 4.74 Å². The summed E-state index contributed by atoms with van der Waals surface area (Å²) in [6, 6.07) is 10.8. The number of hydrogen-bond acceptors (Lipinski definition) is 3. The van der Waals surface area contributed by atoms with Crippen molar-refractivity contribution in [2.24, 2.45) is 0 Å². The normalized spacial score (nSPS) is 11.3. The van der Waals surface area contributed by atoms with Crippen molar-refractivity contribution in [2.45, 2.75) is 18.7 Å². The Balaban J connectivity index is 2.49. The Bertz CT molecular complexity index is 775. The molecule has 0 N–H and O–H groups in total. The second kappa shape index (κ2) is 6.36. The summed E-state index contributed by atoms with van der Waals surface area (Å²) in [6.07, 6.45) is 0. The second-order valence-corrected chi connectivity index (χ2v) is 6.67. The Morgan fingerprint density at radius 1 is 1.18 bits per heavy atom. The predicted molar refractivity (Wildman–Crippen MR) is 84.3 cm³/mol. The number of nitrogens with zero attached hydrogens (tertiary/aromatic N) is 1. The molecule has 2 rings (SSSR count). The number of aryl methyl sites for hydroxylation is 1. The zero-order chi connectivity index (χ0) is 16.3. The first-order valence-corrected chi connectivity index (χ1v) is 8.27. The zero-order valence-corrected chi connectivity index (χ0v) is 13.5. The maximum Gasteiger partial charge on any atom is 0.264 e. The Labute approximate surface area is 130 Å². The summed E-state index contributed by atoms with van der Waals surface area (Å²) in [7, 11) is -2.50. The predicted octanol–water partition coefficient (Wildman–Crippen LogP) is 3.36. The number of benzene rings is 2. The minimum atomic E-state index is -3.83. The molecule has 0 bridgehead atoms. The van der Waals surface area contributed by atoms with Crippen molar-refractivity contribution >= 4 is 15.7 Å². The molecule has 0 spiro atoms. The molecule has 0 radical (unpaired) electrons. The van der Waals surface area contributed by atoms with E-state index < -0.39 is 15.8 Å². The van der Waals surface area contributed by atoms with Crippen molar-refractivity contribution in [2.75, 3.05) is 18.0 Å². The maximum atomic E-state index is 13.8. The molecule has 0 aromatic heterocycles. The van der Waals surface area contributed by atoms with E-state index in [-0.39, 0.29) is 17.2 Å². The van der Waals surface area contributed by atoms with Gasteiger partial charge in [0, 0.05) is 6.54 Å². The number of ether oxygens (including phenoxy) is 1. The lowest BCUT2D eigenvalue weighted by Gasteiger charge is -2.23. The van der Waals surface area contributed by atoms with Crippen molar-refractivity contribution in [3.63, 3.8) is 0 Å². The number of halogens is 1. The summed E-state index contributed by atoms with van der Waals surface area (Å²) in [5, 5.41) is 0. The average Bonchev–Trinajstić information content (AvgIpc) is 2.47. The molecule has 0 saturated heterocycles. The zero-order valence-electron chi connectivity index (χ0n) is 12.7. The highest BCUT2D eigenvalue weighted by atomic mass is 32.2. The lowest BCUT2D eigenvalue weighted by atomic mass is 10.2. The highest BCUT2D eigenvalue weighted by Crippen LogP contribution is 2.27. The van der Waals surface area contributed by atoms with Gasteiger partial charge in [0.25, 0.3) is 10.0 Å². The summed E-state index contributed by atoms with van der Waals surface area (Å²) < 4.78 is 45.4. The van der Waals surface area contributed by atoms with E-state index in [0.717, 1.165) is 11.6 Å². The molecule has 22 heavy (non-hydrogen) atoms.